The number of ether oxygens (including phenoxy) is 1. The van der Waals surface area contributed by atoms with Gasteiger partial charge in [0.25, 0.3) is 5.89 Å². The van der Waals surface area contributed by atoms with E-state index >= 15 is 0 Å². The second-order valence-corrected chi connectivity index (χ2v) is 6.25. The van der Waals surface area contributed by atoms with Crippen LogP contribution in [-0.4, -0.2) is 41.4 Å². The van der Waals surface area contributed by atoms with Gasteiger partial charge in [-0.05, 0) is 62.3 Å². The van der Waals surface area contributed by atoms with Crippen molar-refractivity contribution >= 4 is 5.82 Å². The Morgan fingerprint density at radius 3 is 2.54 bits per heavy atom. The quantitative estimate of drug-likeness (QED) is 0.731. The van der Waals surface area contributed by atoms with Gasteiger partial charge in [0.2, 0.25) is 5.82 Å². The first-order chi connectivity index (χ1) is 12.8. The molecule has 0 spiro atoms. The molecule has 3 heterocycles. The molecular formula is C19H21N5O2. The molecule has 0 unspecified atom stereocenters. The topological polar surface area (TPSA) is 85.1 Å². The van der Waals surface area contributed by atoms with Gasteiger partial charge in [-0.3, -0.25) is 0 Å². The summed E-state index contributed by atoms with van der Waals surface area (Å²) in [6, 6.07) is 11.9. The number of nitrogens with one attached hydrogen (secondary N) is 2. The van der Waals surface area contributed by atoms with Gasteiger partial charge in [0, 0.05) is 17.8 Å². The molecule has 7 nitrogen and oxygen atoms in total. The molecule has 1 saturated heterocycles. The highest BCUT2D eigenvalue weighted by Crippen LogP contribution is 2.24. The normalized spacial score (nSPS) is 15.0. The molecule has 0 aliphatic carbocycles. The number of anilines is 1. The summed E-state index contributed by atoms with van der Waals surface area (Å²) >= 11 is 0. The van der Waals surface area contributed by atoms with Crippen molar-refractivity contribution < 1.29 is 9.26 Å². The van der Waals surface area contributed by atoms with Crippen LogP contribution in [0, 0.1) is 0 Å². The lowest BCUT2D eigenvalue weighted by molar-refractivity contribution is 0.415. The zero-order chi connectivity index (χ0) is 17.8. The molecule has 1 aliphatic rings. The Bertz CT molecular complexity index is 839. The molecule has 7 heteroatoms. The van der Waals surface area contributed by atoms with Crippen LogP contribution >= 0.6 is 0 Å². The average molecular weight is 351 g/mol. The molecule has 3 aromatic rings. The maximum absolute atomic E-state index is 5.39. The first-order valence-electron chi connectivity index (χ1n) is 8.73. The van der Waals surface area contributed by atoms with Crippen molar-refractivity contribution in [1.29, 1.82) is 0 Å². The summed E-state index contributed by atoms with van der Waals surface area (Å²) in [4.78, 5) is 8.94. The lowest BCUT2D eigenvalue weighted by Crippen LogP contribution is -2.35. The molecule has 1 aliphatic heterocycles. The molecule has 4 rings (SSSR count). The number of rotatable bonds is 5. The molecule has 2 aromatic heterocycles. The van der Waals surface area contributed by atoms with Crippen LogP contribution in [0.1, 0.15) is 12.8 Å². The molecular weight excluding hydrogens is 330 g/mol. The van der Waals surface area contributed by atoms with E-state index in [2.05, 4.69) is 25.8 Å². The zero-order valence-electron chi connectivity index (χ0n) is 14.6. The minimum atomic E-state index is 0.455. The van der Waals surface area contributed by atoms with Crippen LogP contribution in [0.25, 0.3) is 22.8 Å². The first-order valence-corrected chi connectivity index (χ1v) is 8.73. The lowest BCUT2D eigenvalue weighted by Gasteiger charge is -2.24. The third kappa shape index (κ3) is 3.67. The fraction of sp³-hybridized carbons (Fsp3) is 0.316. The Balaban J connectivity index is 1.46. The van der Waals surface area contributed by atoms with Crippen LogP contribution in [0.15, 0.2) is 47.1 Å². The largest absolute Gasteiger partial charge is 0.497 e. The molecule has 1 fully saturated rings. The fourth-order valence-corrected chi connectivity index (χ4v) is 2.98. The molecule has 0 amide bonds. The lowest BCUT2D eigenvalue weighted by atomic mass is 10.1. The van der Waals surface area contributed by atoms with Gasteiger partial charge in [0.1, 0.15) is 11.6 Å². The van der Waals surface area contributed by atoms with Gasteiger partial charge in [-0.25, -0.2) is 4.98 Å². The Kier molecular flexibility index (Phi) is 4.79. The van der Waals surface area contributed by atoms with Gasteiger partial charge >= 0.3 is 0 Å². The third-order valence-electron chi connectivity index (χ3n) is 4.48. The van der Waals surface area contributed by atoms with E-state index in [0.717, 1.165) is 48.6 Å². The van der Waals surface area contributed by atoms with E-state index < -0.39 is 0 Å². The van der Waals surface area contributed by atoms with E-state index in [1.165, 1.54) is 0 Å². The number of hydrogen-bond donors (Lipinski definition) is 2. The van der Waals surface area contributed by atoms with E-state index in [1.807, 2.05) is 36.4 Å². The Morgan fingerprint density at radius 1 is 1.08 bits per heavy atom. The summed E-state index contributed by atoms with van der Waals surface area (Å²) in [6.07, 6.45) is 3.98. The van der Waals surface area contributed by atoms with Crippen LogP contribution in [0.2, 0.25) is 0 Å². The maximum Gasteiger partial charge on any atom is 0.259 e. The van der Waals surface area contributed by atoms with Crippen LogP contribution in [0.5, 0.6) is 5.75 Å². The third-order valence-corrected chi connectivity index (χ3v) is 4.48. The minimum absolute atomic E-state index is 0.455. The van der Waals surface area contributed by atoms with Crippen molar-refractivity contribution in [1.82, 2.24) is 20.4 Å². The van der Waals surface area contributed by atoms with E-state index in [4.69, 9.17) is 9.26 Å². The minimum Gasteiger partial charge on any atom is -0.497 e. The van der Waals surface area contributed by atoms with E-state index in [-0.39, 0.29) is 0 Å². The monoisotopic (exact) mass is 351 g/mol. The standard InChI is InChI=1S/C19H21N5O2/c1-25-16-5-2-13(3-6-16)18-23-19(26-24-18)14-4-7-17(21-12-14)22-15-8-10-20-11-9-15/h2-7,12,15,20H,8-11H2,1H3,(H,21,22). The fourth-order valence-electron chi connectivity index (χ4n) is 2.98. The van der Waals surface area contributed by atoms with Gasteiger partial charge in [-0.1, -0.05) is 5.16 Å². The second-order valence-electron chi connectivity index (χ2n) is 6.25. The number of piperidine rings is 1. The summed E-state index contributed by atoms with van der Waals surface area (Å²) in [7, 11) is 1.64. The van der Waals surface area contributed by atoms with Gasteiger partial charge < -0.3 is 19.9 Å². The molecule has 134 valence electrons. The van der Waals surface area contributed by atoms with E-state index in [0.29, 0.717) is 17.8 Å². The van der Waals surface area contributed by atoms with Crippen molar-refractivity contribution in [3.63, 3.8) is 0 Å². The Hall–Kier alpha value is -2.93. The number of hydrogen-bond acceptors (Lipinski definition) is 7. The van der Waals surface area contributed by atoms with Crippen molar-refractivity contribution in [2.75, 3.05) is 25.5 Å². The van der Waals surface area contributed by atoms with Crippen LogP contribution < -0.4 is 15.4 Å². The number of pyridine rings is 1. The number of methoxy groups -OCH3 is 1. The first kappa shape index (κ1) is 16.5. The van der Waals surface area contributed by atoms with Crippen molar-refractivity contribution in [3.8, 4) is 28.6 Å². The molecule has 0 bridgehead atoms. The summed E-state index contributed by atoms with van der Waals surface area (Å²) < 4.78 is 10.6. The summed E-state index contributed by atoms with van der Waals surface area (Å²) in [6.45, 7) is 2.09. The maximum atomic E-state index is 5.39. The molecule has 26 heavy (non-hydrogen) atoms. The Labute approximate surface area is 151 Å². The van der Waals surface area contributed by atoms with Gasteiger partial charge in [0.15, 0.2) is 0 Å². The summed E-state index contributed by atoms with van der Waals surface area (Å²) in [5, 5.41) is 10.9. The van der Waals surface area contributed by atoms with Gasteiger partial charge in [0.05, 0.1) is 12.7 Å². The molecule has 0 saturated carbocycles. The smallest absolute Gasteiger partial charge is 0.259 e. The predicted octanol–water partition coefficient (Wildman–Crippen LogP) is 2.97. The van der Waals surface area contributed by atoms with Gasteiger partial charge in [-0.2, -0.15) is 4.98 Å². The SMILES string of the molecule is COc1ccc(-c2noc(-c3ccc(NC4CCNCC4)nc3)n2)cc1. The highest BCUT2D eigenvalue weighted by molar-refractivity contribution is 5.60. The second kappa shape index (κ2) is 7.53. The summed E-state index contributed by atoms with van der Waals surface area (Å²) in [5.41, 5.74) is 1.67. The number of benzene rings is 1. The Morgan fingerprint density at radius 2 is 1.85 bits per heavy atom. The predicted molar refractivity (Wildman–Crippen MR) is 99.0 cm³/mol. The van der Waals surface area contributed by atoms with Crippen LogP contribution in [0.3, 0.4) is 0 Å². The van der Waals surface area contributed by atoms with Crippen molar-refractivity contribution in [3.05, 3.63) is 42.6 Å². The van der Waals surface area contributed by atoms with E-state index in [1.54, 1.807) is 13.3 Å². The summed E-state index contributed by atoms with van der Waals surface area (Å²) in [5.74, 6) is 2.66. The van der Waals surface area contributed by atoms with Crippen LogP contribution in [0.4, 0.5) is 5.82 Å². The van der Waals surface area contributed by atoms with Crippen molar-refractivity contribution in [2.24, 2.45) is 0 Å². The van der Waals surface area contributed by atoms with Gasteiger partial charge in [-0.15, -0.1) is 0 Å². The van der Waals surface area contributed by atoms with Crippen molar-refractivity contribution in [2.45, 2.75) is 18.9 Å². The van der Waals surface area contributed by atoms with Crippen LogP contribution in [-0.2, 0) is 0 Å². The van der Waals surface area contributed by atoms with E-state index in [9.17, 15) is 0 Å². The molecule has 0 radical (unpaired) electrons. The molecule has 1 aromatic carbocycles. The molecule has 2 N–H and O–H groups in total. The number of nitrogens with zero attached hydrogens (tertiary/aromatic N) is 3. The average Bonchev–Trinajstić information content (AvgIpc) is 3.20. The highest BCUT2D eigenvalue weighted by Gasteiger charge is 2.14. The zero-order valence-corrected chi connectivity index (χ0v) is 14.6. The molecule has 0 atom stereocenters. The number of aromatic nitrogens is 3. The highest BCUT2D eigenvalue weighted by atomic mass is 16.5.